The maximum absolute atomic E-state index is 12.6. The number of hydrogen-bond acceptors (Lipinski definition) is 11. The van der Waals surface area contributed by atoms with Crippen molar-refractivity contribution in [2.24, 2.45) is 17.6 Å². The quantitative estimate of drug-likeness (QED) is 0.136. The molecule has 11 heteroatoms. The van der Waals surface area contributed by atoms with Crippen LogP contribution in [0.3, 0.4) is 0 Å². The Kier molecular flexibility index (Phi) is 16.5. The van der Waals surface area contributed by atoms with E-state index in [0.717, 1.165) is 12.8 Å². The second-order valence-corrected chi connectivity index (χ2v) is 10.8. The van der Waals surface area contributed by atoms with Gasteiger partial charge in [-0.1, -0.05) is 47.1 Å². The van der Waals surface area contributed by atoms with Gasteiger partial charge < -0.3 is 34.2 Å². The van der Waals surface area contributed by atoms with E-state index in [-0.39, 0.29) is 37.1 Å². The molecule has 0 spiro atoms. The monoisotopic (exact) mass is 581 g/mol. The van der Waals surface area contributed by atoms with Gasteiger partial charge in [-0.25, -0.2) is 9.59 Å². The average Bonchev–Trinajstić information content (AvgIpc) is 2.88. The summed E-state index contributed by atoms with van der Waals surface area (Å²) in [6, 6.07) is 3.34. The maximum atomic E-state index is 12.6. The van der Waals surface area contributed by atoms with E-state index < -0.39 is 36.5 Å². The first-order valence-electron chi connectivity index (χ1n) is 14.3. The molecule has 41 heavy (non-hydrogen) atoms. The predicted molar refractivity (Wildman–Crippen MR) is 152 cm³/mol. The lowest BCUT2D eigenvalue weighted by Gasteiger charge is -2.22. The highest BCUT2D eigenvalue weighted by atomic mass is 16.7. The lowest BCUT2D eigenvalue weighted by molar-refractivity contribution is -0.166. The number of esters is 2. The van der Waals surface area contributed by atoms with Gasteiger partial charge in [0.1, 0.15) is 18.2 Å². The largest absolute Gasteiger partial charge is 0.513 e. The minimum atomic E-state index is -1.07. The second kappa shape index (κ2) is 18.9. The van der Waals surface area contributed by atoms with Crippen molar-refractivity contribution in [3.8, 4) is 11.5 Å². The number of benzene rings is 1. The Morgan fingerprint density at radius 3 is 1.85 bits per heavy atom. The molecule has 0 aliphatic carbocycles. The van der Waals surface area contributed by atoms with E-state index >= 15 is 0 Å². The van der Waals surface area contributed by atoms with Crippen molar-refractivity contribution in [1.82, 2.24) is 0 Å². The van der Waals surface area contributed by atoms with Crippen LogP contribution in [-0.2, 0) is 35.0 Å². The summed E-state index contributed by atoms with van der Waals surface area (Å²) in [5, 5.41) is 0. The van der Waals surface area contributed by atoms with Gasteiger partial charge in [-0.05, 0) is 69.1 Å². The van der Waals surface area contributed by atoms with Crippen LogP contribution < -0.4 is 15.2 Å². The molecule has 2 N–H and O–H groups in total. The molecular weight excluding hydrogens is 534 g/mol. The van der Waals surface area contributed by atoms with Gasteiger partial charge in [-0.2, -0.15) is 0 Å². The molecule has 0 aliphatic heterocycles. The van der Waals surface area contributed by atoms with Crippen LogP contribution in [0.1, 0.15) is 86.1 Å². The first-order valence-corrected chi connectivity index (χ1v) is 14.3. The summed E-state index contributed by atoms with van der Waals surface area (Å²) >= 11 is 0. The van der Waals surface area contributed by atoms with Crippen molar-refractivity contribution in [3.63, 3.8) is 0 Å². The minimum Gasteiger partial charge on any atom is -0.459 e. The number of carbonyl (C=O) groups excluding carboxylic acids is 4. The molecule has 0 bridgehead atoms. The number of rotatable bonds is 17. The van der Waals surface area contributed by atoms with E-state index in [9.17, 15) is 19.2 Å². The van der Waals surface area contributed by atoms with Crippen LogP contribution >= 0.6 is 0 Å². The molecule has 0 saturated heterocycles. The summed E-state index contributed by atoms with van der Waals surface area (Å²) in [6.07, 6.45) is -0.0698. The summed E-state index contributed by atoms with van der Waals surface area (Å²) in [5.74, 6) is -0.548. The Hall–Kier alpha value is -3.34. The molecule has 0 heterocycles. The smallest absolute Gasteiger partial charge is 0.459 e. The van der Waals surface area contributed by atoms with Gasteiger partial charge in [0.2, 0.25) is 0 Å². The summed E-state index contributed by atoms with van der Waals surface area (Å²) in [7, 11) is 0. The average molecular weight is 582 g/mol. The molecule has 0 radical (unpaired) electrons. The van der Waals surface area contributed by atoms with E-state index in [1.807, 2.05) is 34.6 Å². The van der Waals surface area contributed by atoms with Crippen molar-refractivity contribution >= 4 is 24.2 Å². The van der Waals surface area contributed by atoms with Crippen LogP contribution in [-0.4, -0.2) is 55.7 Å². The van der Waals surface area contributed by atoms with Gasteiger partial charge in [-0.3, -0.25) is 9.59 Å². The molecule has 0 unspecified atom stereocenters. The minimum absolute atomic E-state index is 0.0219. The van der Waals surface area contributed by atoms with E-state index in [0.29, 0.717) is 36.7 Å². The van der Waals surface area contributed by atoms with Gasteiger partial charge in [0, 0.05) is 6.42 Å². The zero-order valence-electron chi connectivity index (χ0n) is 25.4. The summed E-state index contributed by atoms with van der Waals surface area (Å²) < 4.78 is 31.5. The summed E-state index contributed by atoms with van der Waals surface area (Å²) in [5.41, 5.74) is 6.59. The molecule has 0 amide bonds. The van der Waals surface area contributed by atoms with Gasteiger partial charge in [0.25, 0.3) is 0 Å². The van der Waals surface area contributed by atoms with E-state index in [2.05, 4.69) is 0 Å². The third kappa shape index (κ3) is 15.3. The van der Waals surface area contributed by atoms with Crippen molar-refractivity contribution in [3.05, 3.63) is 23.8 Å². The standard InChI is InChI=1S/C30H47NO10/c1-8-9-10-27(32)38-21(6)22(7)39-28(33)24(31)17-23-11-12-25(40-29(34)36-15-13-19(2)3)26(18-23)41-30(35)37-16-14-20(4)5/h11-12,18-22,24H,8-10,13-17,31H2,1-7H3/t21-,22-,24-/m0/s1. The van der Waals surface area contributed by atoms with Gasteiger partial charge >= 0.3 is 24.2 Å². The van der Waals surface area contributed by atoms with Crippen molar-refractivity contribution in [2.75, 3.05) is 13.2 Å². The normalized spacial score (nSPS) is 13.2. The Morgan fingerprint density at radius 2 is 1.32 bits per heavy atom. The molecule has 1 aromatic carbocycles. The van der Waals surface area contributed by atoms with Crippen LogP contribution in [0.25, 0.3) is 0 Å². The fraction of sp³-hybridized carbons (Fsp3) is 0.667. The number of hydrogen-bond donors (Lipinski definition) is 1. The summed E-state index contributed by atoms with van der Waals surface area (Å²) in [4.78, 5) is 49.0. The Morgan fingerprint density at radius 1 is 0.780 bits per heavy atom. The highest BCUT2D eigenvalue weighted by Gasteiger charge is 2.25. The molecule has 232 valence electrons. The first-order chi connectivity index (χ1) is 19.3. The van der Waals surface area contributed by atoms with Crippen LogP contribution in [0.15, 0.2) is 18.2 Å². The highest BCUT2D eigenvalue weighted by Crippen LogP contribution is 2.30. The lowest BCUT2D eigenvalue weighted by Crippen LogP contribution is -2.39. The topological polar surface area (TPSA) is 150 Å². The zero-order chi connectivity index (χ0) is 30.9. The molecule has 3 atom stereocenters. The van der Waals surface area contributed by atoms with Crippen molar-refractivity contribution in [2.45, 2.75) is 105 Å². The predicted octanol–water partition coefficient (Wildman–Crippen LogP) is 5.73. The van der Waals surface area contributed by atoms with Crippen molar-refractivity contribution in [1.29, 1.82) is 0 Å². The molecular formula is C30H47NO10. The van der Waals surface area contributed by atoms with E-state index in [1.54, 1.807) is 19.9 Å². The third-order valence-corrected chi connectivity index (χ3v) is 6.00. The van der Waals surface area contributed by atoms with Gasteiger partial charge in [0.05, 0.1) is 13.2 Å². The number of ether oxygens (including phenoxy) is 6. The molecule has 0 aliphatic rings. The van der Waals surface area contributed by atoms with Crippen LogP contribution in [0, 0.1) is 11.8 Å². The zero-order valence-corrected chi connectivity index (χ0v) is 25.4. The Balaban J connectivity index is 2.90. The maximum Gasteiger partial charge on any atom is 0.513 e. The van der Waals surface area contributed by atoms with Gasteiger partial charge in [0.15, 0.2) is 11.5 Å². The van der Waals surface area contributed by atoms with Crippen LogP contribution in [0.2, 0.25) is 0 Å². The Labute approximate surface area is 243 Å². The van der Waals surface area contributed by atoms with E-state index in [1.165, 1.54) is 12.1 Å². The highest BCUT2D eigenvalue weighted by molar-refractivity contribution is 5.76. The van der Waals surface area contributed by atoms with Crippen LogP contribution in [0.5, 0.6) is 11.5 Å². The Bertz CT molecular complexity index is 978. The molecule has 0 aromatic heterocycles. The molecule has 1 aromatic rings. The second-order valence-electron chi connectivity index (χ2n) is 10.8. The third-order valence-electron chi connectivity index (χ3n) is 6.00. The fourth-order valence-electron chi connectivity index (χ4n) is 3.22. The van der Waals surface area contributed by atoms with Crippen molar-refractivity contribution < 1.29 is 47.6 Å². The molecule has 0 saturated carbocycles. The number of unbranched alkanes of at least 4 members (excludes halogenated alkanes) is 1. The van der Waals surface area contributed by atoms with E-state index in [4.69, 9.17) is 34.2 Å². The molecule has 0 fully saturated rings. The number of nitrogens with two attached hydrogens (primary N) is 1. The first kappa shape index (κ1) is 35.7. The summed E-state index contributed by atoms with van der Waals surface area (Å²) in [6.45, 7) is 13.5. The van der Waals surface area contributed by atoms with Crippen LogP contribution in [0.4, 0.5) is 9.59 Å². The SMILES string of the molecule is CCCCC(=O)O[C@@H](C)[C@H](C)OC(=O)[C@@H](N)Cc1ccc(OC(=O)OCCC(C)C)c(OC(=O)OCCC(C)C)c1. The molecule has 11 nitrogen and oxygen atoms in total. The lowest BCUT2D eigenvalue weighted by atomic mass is 10.1. The van der Waals surface area contributed by atoms with Gasteiger partial charge in [-0.15, -0.1) is 0 Å². The fourth-order valence-corrected chi connectivity index (χ4v) is 3.22. The molecule has 1 rings (SSSR count). The number of carbonyl (C=O) groups is 4.